The number of rotatable bonds is 8. The van der Waals surface area contributed by atoms with E-state index in [0.717, 1.165) is 10.6 Å². The summed E-state index contributed by atoms with van der Waals surface area (Å²) in [5.41, 5.74) is 0.116. The summed E-state index contributed by atoms with van der Waals surface area (Å²) >= 11 is 0. The van der Waals surface area contributed by atoms with Gasteiger partial charge in [0.15, 0.2) is 30.1 Å². The van der Waals surface area contributed by atoms with Crippen LogP contribution in [0.25, 0.3) is 11.1 Å². The Bertz CT molecular complexity index is 1960. The van der Waals surface area contributed by atoms with E-state index in [9.17, 15) is 29.3 Å². The average molecular weight is 625 g/mol. The fourth-order valence-corrected chi connectivity index (χ4v) is 5.04. The number of carbonyl (C=O) groups is 3. The minimum absolute atomic E-state index is 0.0780. The highest BCUT2D eigenvalue weighted by molar-refractivity contribution is 5.91. The lowest BCUT2D eigenvalue weighted by molar-refractivity contribution is -0.384. The van der Waals surface area contributed by atoms with E-state index >= 15 is 0 Å². The number of esters is 3. The van der Waals surface area contributed by atoms with Crippen molar-refractivity contribution in [2.45, 2.75) is 24.5 Å². The Balaban J connectivity index is 1.44. The second-order valence-electron chi connectivity index (χ2n) is 10.2. The van der Waals surface area contributed by atoms with Crippen LogP contribution in [0.2, 0.25) is 0 Å². The molecular weight excluding hydrogens is 600 g/mol. The van der Waals surface area contributed by atoms with Crippen molar-refractivity contribution in [2.75, 3.05) is 6.61 Å². The first-order valence-corrected chi connectivity index (χ1v) is 14.0. The highest BCUT2D eigenvalue weighted by Gasteiger charge is 2.50. The van der Waals surface area contributed by atoms with E-state index in [1.165, 1.54) is 48.5 Å². The number of nitro groups is 1. The van der Waals surface area contributed by atoms with Gasteiger partial charge in [-0.2, -0.15) is 0 Å². The summed E-state index contributed by atoms with van der Waals surface area (Å²) in [6.07, 6.45) is -5.87. The Kier molecular flexibility index (Phi) is 8.39. The normalized spacial score (nSPS) is 19.2. The number of nitrogens with zero attached hydrogens (tertiary/aromatic N) is 2. The molecule has 1 aliphatic heterocycles. The van der Waals surface area contributed by atoms with Crippen molar-refractivity contribution in [1.29, 1.82) is 0 Å². The minimum atomic E-state index is -1.59. The average Bonchev–Trinajstić information content (AvgIpc) is 3.41. The maximum absolute atomic E-state index is 13.4. The van der Waals surface area contributed by atoms with Gasteiger partial charge in [0.2, 0.25) is 0 Å². The van der Waals surface area contributed by atoms with E-state index in [2.05, 4.69) is 0 Å². The van der Waals surface area contributed by atoms with Gasteiger partial charge in [0, 0.05) is 6.07 Å². The summed E-state index contributed by atoms with van der Waals surface area (Å²) in [6.45, 7) is -0.401. The molecule has 0 N–H and O–H groups in total. The lowest BCUT2D eigenvalue weighted by Crippen LogP contribution is -2.56. The van der Waals surface area contributed by atoms with Gasteiger partial charge < -0.3 is 23.4 Å². The number of ether oxygens (including phenoxy) is 4. The zero-order valence-electron chi connectivity index (χ0n) is 23.8. The molecule has 0 aliphatic carbocycles. The third-order valence-electron chi connectivity index (χ3n) is 7.24. The second kappa shape index (κ2) is 12.9. The van der Waals surface area contributed by atoms with Gasteiger partial charge in [0.05, 0.1) is 39.8 Å². The molecule has 0 saturated carbocycles. The van der Waals surface area contributed by atoms with Gasteiger partial charge in [-0.15, -0.1) is 0 Å². The van der Waals surface area contributed by atoms with Crippen molar-refractivity contribution in [2.24, 2.45) is 0 Å². The van der Waals surface area contributed by atoms with E-state index < -0.39 is 59.7 Å². The molecule has 4 unspecified atom stereocenters. The minimum Gasteiger partial charge on any atom is -0.452 e. The zero-order valence-corrected chi connectivity index (χ0v) is 23.8. The van der Waals surface area contributed by atoms with Crippen LogP contribution in [0.4, 0.5) is 5.69 Å². The molecule has 46 heavy (non-hydrogen) atoms. The molecule has 1 aromatic heterocycles. The summed E-state index contributed by atoms with van der Waals surface area (Å²) < 4.78 is 29.9. The van der Waals surface area contributed by atoms with Crippen LogP contribution in [-0.2, 0) is 18.9 Å². The van der Waals surface area contributed by atoms with Gasteiger partial charge in [-0.3, -0.25) is 10.1 Å². The number of aromatic nitrogens is 1. The first kappa shape index (κ1) is 30.0. The summed E-state index contributed by atoms with van der Waals surface area (Å²) in [4.78, 5) is 63.9. The molecule has 0 amide bonds. The van der Waals surface area contributed by atoms with Gasteiger partial charge in [0.25, 0.3) is 5.69 Å². The smallest absolute Gasteiger partial charge is 0.422 e. The molecule has 4 atom stereocenters. The van der Waals surface area contributed by atoms with E-state index in [0.29, 0.717) is 0 Å². The highest BCUT2D eigenvalue weighted by atomic mass is 16.7. The van der Waals surface area contributed by atoms with Gasteiger partial charge in [-0.1, -0.05) is 54.6 Å². The molecule has 13 heteroatoms. The van der Waals surface area contributed by atoms with Crippen LogP contribution < -0.4 is 5.76 Å². The number of nitro benzene ring substituents is 1. The molecule has 1 fully saturated rings. The standard InChI is InChI=1S/C33H24N2O11/c36-30(20-10-4-1-5-11-20)43-26-19-42-29(34-24-17-16-23(35(40)41)18-25(24)44-33(34)39)28(46-32(38)22-14-8-3-9-15-22)27(26)45-31(37)21-12-6-2-7-13-21/h1-18,26-29H,19H2. The van der Waals surface area contributed by atoms with Crippen molar-refractivity contribution < 1.29 is 42.7 Å². The molecule has 0 radical (unpaired) electrons. The number of oxazole rings is 1. The van der Waals surface area contributed by atoms with E-state index in [1.807, 2.05) is 0 Å². The van der Waals surface area contributed by atoms with E-state index in [4.69, 9.17) is 23.4 Å². The number of hydrogen-bond donors (Lipinski definition) is 0. The zero-order chi connectivity index (χ0) is 32.2. The third kappa shape index (κ3) is 6.12. The number of non-ortho nitro benzene ring substituents is 1. The molecule has 0 spiro atoms. The molecule has 0 bridgehead atoms. The summed E-state index contributed by atoms with van der Waals surface area (Å²) in [7, 11) is 0. The van der Waals surface area contributed by atoms with Crippen molar-refractivity contribution in [3.8, 4) is 0 Å². The fraction of sp³-hybridized carbons (Fsp3) is 0.152. The van der Waals surface area contributed by atoms with Crippen LogP contribution in [0.5, 0.6) is 0 Å². The maximum atomic E-state index is 13.4. The Morgan fingerprint density at radius 3 is 1.74 bits per heavy atom. The topological polar surface area (TPSA) is 166 Å². The van der Waals surface area contributed by atoms with Crippen LogP contribution in [0, 0.1) is 10.1 Å². The van der Waals surface area contributed by atoms with Crippen LogP contribution in [-0.4, -0.2) is 52.3 Å². The Labute approximate surface area is 259 Å². The third-order valence-corrected chi connectivity index (χ3v) is 7.24. The predicted octanol–water partition coefficient (Wildman–Crippen LogP) is 4.71. The monoisotopic (exact) mass is 624 g/mol. The molecule has 5 aromatic rings. The molecular formula is C33H24N2O11. The van der Waals surface area contributed by atoms with Gasteiger partial charge in [-0.25, -0.2) is 23.7 Å². The molecule has 1 saturated heterocycles. The lowest BCUT2D eigenvalue weighted by Gasteiger charge is -2.40. The highest BCUT2D eigenvalue weighted by Crippen LogP contribution is 2.34. The van der Waals surface area contributed by atoms with E-state index in [-0.39, 0.29) is 33.5 Å². The van der Waals surface area contributed by atoms with Gasteiger partial charge in [-0.05, 0) is 42.5 Å². The van der Waals surface area contributed by atoms with Gasteiger partial charge in [0.1, 0.15) is 0 Å². The maximum Gasteiger partial charge on any atom is 0.422 e. The first-order valence-electron chi connectivity index (χ1n) is 14.0. The summed E-state index contributed by atoms with van der Waals surface area (Å²) in [5.74, 6) is -3.44. The van der Waals surface area contributed by atoms with Gasteiger partial charge >= 0.3 is 23.7 Å². The molecule has 13 nitrogen and oxygen atoms in total. The van der Waals surface area contributed by atoms with Crippen molar-refractivity contribution in [3.05, 3.63) is 147 Å². The summed E-state index contributed by atoms with van der Waals surface area (Å²) in [5, 5.41) is 11.3. The number of carbonyl (C=O) groups excluding carboxylic acids is 3. The predicted molar refractivity (Wildman–Crippen MR) is 159 cm³/mol. The molecule has 2 heterocycles. The number of hydrogen-bond acceptors (Lipinski definition) is 11. The number of fused-ring (bicyclic) bond motifs is 1. The lowest BCUT2D eigenvalue weighted by atomic mass is 10.0. The van der Waals surface area contributed by atoms with Crippen molar-refractivity contribution in [1.82, 2.24) is 4.57 Å². The van der Waals surface area contributed by atoms with E-state index in [1.54, 1.807) is 54.6 Å². The van der Waals surface area contributed by atoms with Crippen molar-refractivity contribution >= 4 is 34.7 Å². The Morgan fingerprint density at radius 2 is 1.22 bits per heavy atom. The first-order chi connectivity index (χ1) is 22.3. The Morgan fingerprint density at radius 1 is 0.717 bits per heavy atom. The Hall–Kier alpha value is -6.08. The fourth-order valence-electron chi connectivity index (χ4n) is 5.04. The summed E-state index contributed by atoms with van der Waals surface area (Å²) in [6, 6.07) is 27.5. The largest absolute Gasteiger partial charge is 0.452 e. The second-order valence-corrected chi connectivity index (χ2v) is 10.2. The van der Waals surface area contributed by atoms with Crippen LogP contribution in [0.3, 0.4) is 0 Å². The quantitative estimate of drug-likeness (QED) is 0.102. The SMILES string of the molecule is O=C(OC1COC(n2c(=O)oc3cc([N+](=O)[O-])ccc32)C(OC(=O)c2ccccc2)C1OC(=O)c1ccccc1)c1ccccc1. The molecule has 232 valence electrons. The molecule has 4 aromatic carbocycles. The van der Waals surface area contributed by atoms with Crippen molar-refractivity contribution in [3.63, 3.8) is 0 Å². The molecule has 1 aliphatic rings. The van der Waals surface area contributed by atoms with Crippen LogP contribution >= 0.6 is 0 Å². The van der Waals surface area contributed by atoms with Crippen LogP contribution in [0.1, 0.15) is 37.3 Å². The van der Waals surface area contributed by atoms with Crippen LogP contribution in [0.15, 0.2) is 118 Å². The number of benzene rings is 4. The molecule has 6 rings (SSSR count).